The van der Waals surface area contributed by atoms with Crippen LogP contribution in [0.3, 0.4) is 0 Å². The standard InChI is InChI=1S/C19H20N4O2S/c24-26(25,17-8-7-15-5-1-2-6-16(15)13-17)21-14-18-20-10-9-19(22-18)23-11-3-4-12-23/h1-2,5-10,13,21H,3-4,11-12,14H2. The van der Waals surface area contributed by atoms with Gasteiger partial charge in [-0.25, -0.2) is 23.1 Å². The molecular weight excluding hydrogens is 348 g/mol. The molecule has 0 amide bonds. The van der Waals surface area contributed by atoms with Crippen LogP contribution in [-0.4, -0.2) is 31.5 Å². The van der Waals surface area contributed by atoms with Gasteiger partial charge >= 0.3 is 0 Å². The van der Waals surface area contributed by atoms with Crippen molar-refractivity contribution >= 4 is 26.6 Å². The Bertz CT molecular complexity index is 1030. The van der Waals surface area contributed by atoms with Crippen molar-refractivity contribution in [2.24, 2.45) is 0 Å². The van der Waals surface area contributed by atoms with Crippen LogP contribution in [0, 0.1) is 0 Å². The Balaban J connectivity index is 1.51. The SMILES string of the molecule is O=S(=O)(NCc1nccc(N2CCCC2)n1)c1ccc2ccccc2c1. The summed E-state index contributed by atoms with van der Waals surface area (Å²) in [5, 5.41) is 1.90. The monoisotopic (exact) mass is 368 g/mol. The molecule has 2 heterocycles. The lowest BCUT2D eigenvalue weighted by molar-refractivity contribution is 0.579. The Morgan fingerprint density at radius 3 is 2.58 bits per heavy atom. The molecule has 0 aliphatic carbocycles. The smallest absolute Gasteiger partial charge is 0.240 e. The molecule has 4 rings (SSSR count). The number of sulfonamides is 1. The number of anilines is 1. The van der Waals surface area contributed by atoms with Gasteiger partial charge in [0.2, 0.25) is 10.0 Å². The molecule has 1 aliphatic heterocycles. The third kappa shape index (κ3) is 3.54. The average molecular weight is 368 g/mol. The van der Waals surface area contributed by atoms with Crippen molar-refractivity contribution in [3.8, 4) is 0 Å². The fourth-order valence-electron chi connectivity index (χ4n) is 3.17. The summed E-state index contributed by atoms with van der Waals surface area (Å²) in [6.07, 6.45) is 4.00. The van der Waals surface area contributed by atoms with Gasteiger partial charge in [0.05, 0.1) is 11.4 Å². The molecule has 6 nitrogen and oxygen atoms in total. The van der Waals surface area contributed by atoms with Crippen LogP contribution in [0.25, 0.3) is 10.8 Å². The second-order valence-electron chi connectivity index (χ2n) is 6.36. The van der Waals surface area contributed by atoms with Crippen LogP contribution in [0.1, 0.15) is 18.7 Å². The number of benzene rings is 2. The summed E-state index contributed by atoms with van der Waals surface area (Å²) >= 11 is 0. The molecule has 0 bridgehead atoms. The van der Waals surface area contributed by atoms with E-state index in [1.54, 1.807) is 18.3 Å². The van der Waals surface area contributed by atoms with Gasteiger partial charge in [-0.2, -0.15) is 0 Å². The Kier molecular flexibility index (Phi) is 4.57. The molecule has 26 heavy (non-hydrogen) atoms. The summed E-state index contributed by atoms with van der Waals surface area (Å²) in [6, 6.07) is 14.7. The van der Waals surface area contributed by atoms with Gasteiger partial charge < -0.3 is 4.90 Å². The highest BCUT2D eigenvalue weighted by Gasteiger charge is 2.17. The van der Waals surface area contributed by atoms with E-state index in [0.717, 1.165) is 42.5 Å². The molecule has 3 aromatic rings. The van der Waals surface area contributed by atoms with E-state index in [0.29, 0.717) is 5.82 Å². The highest BCUT2D eigenvalue weighted by atomic mass is 32.2. The second kappa shape index (κ2) is 7.01. The number of nitrogens with zero attached hydrogens (tertiary/aromatic N) is 3. The maximum atomic E-state index is 12.6. The van der Waals surface area contributed by atoms with Gasteiger partial charge in [0.25, 0.3) is 0 Å². The number of aromatic nitrogens is 2. The number of rotatable bonds is 5. The lowest BCUT2D eigenvalue weighted by Crippen LogP contribution is -2.25. The lowest BCUT2D eigenvalue weighted by Gasteiger charge is -2.16. The van der Waals surface area contributed by atoms with Crippen LogP contribution in [0.4, 0.5) is 5.82 Å². The minimum absolute atomic E-state index is 0.0663. The van der Waals surface area contributed by atoms with E-state index in [4.69, 9.17) is 0 Å². The quantitative estimate of drug-likeness (QED) is 0.749. The second-order valence-corrected chi connectivity index (χ2v) is 8.13. The summed E-state index contributed by atoms with van der Waals surface area (Å²) in [7, 11) is -3.63. The molecular formula is C19H20N4O2S. The van der Waals surface area contributed by atoms with Crippen LogP contribution >= 0.6 is 0 Å². The summed E-state index contributed by atoms with van der Waals surface area (Å²) in [5.41, 5.74) is 0. The summed E-state index contributed by atoms with van der Waals surface area (Å²) in [6.45, 7) is 2.04. The van der Waals surface area contributed by atoms with Crippen LogP contribution in [0.5, 0.6) is 0 Å². The van der Waals surface area contributed by atoms with Crippen LogP contribution < -0.4 is 9.62 Å². The molecule has 134 valence electrons. The van der Waals surface area contributed by atoms with E-state index < -0.39 is 10.0 Å². The predicted molar refractivity (Wildman–Crippen MR) is 101 cm³/mol. The highest BCUT2D eigenvalue weighted by molar-refractivity contribution is 7.89. The Morgan fingerprint density at radius 1 is 1.00 bits per heavy atom. The molecule has 0 radical (unpaired) electrons. The molecule has 0 spiro atoms. The van der Waals surface area contributed by atoms with Crippen molar-refractivity contribution in [1.82, 2.24) is 14.7 Å². The molecule has 1 N–H and O–H groups in total. The molecule has 0 saturated carbocycles. The zero-order chi connectivity index (χ0) is 18.0. The zero-order valence-electron chi connectivity index (χ0n) is 14.3. The Morgan fingerprint density at radius 2 is 1.77 bits per heavy atom. The van der Waals surface area contributed by atoms with E-state index in [-0.39, 0.29) is 11.4 Å². The van der Waals surface area contributed by atoms with Crippen LogP contribution in [0.15, 0.2) is 59.6 Å². The zero-order valence-corrected chi connectivity index (χ0v) is 15.1. The van der Waals surface area contributed by atoms with Gasteiger partial charge in [0.15, 0.2) is 0 Å². The van der Waals surface area contributed by atoms with Crippen LogP contribution in [-0.2, 0) is 16.6 Å². The summed E-state index contributed by atoms with van der Waals surface area (Å²) in [5.74, 6) is 1.33. The Hall–Kier alpha value is -2.51. The molecule has 1 fully saturated rings. The lowest BCUT2D eigenvalue weighted by atomic mass is 10.1. The van der Waals surface area contributed by atoms with Crippen LogP contribution in [0.2, 0.25) is 0 Å². The fourth-order valence-corrected chi connectivity index (χ4v) is 4.19. The molecule has 0 atom stereocenters. The third-order valence-corrected chi connectivity index (χ3v) is 5.97. The van der Waals surface area contributed by atoms with Gasteiger partial charge in [0, 0.05) is 19.3 Å². The number of hydrogen-bond donors (Lipinski definition) is 1. The van der Waals surface area contributed by atoms with Crippen molar-refractivity contribution < 1.29 is 8.42 Å². The summed E-state index contributed by atoms with van der Waals surface area (Å²) < 4.78 is 27.8. The van der Waals surface area contributed by atoms with E-state index in [9.17, 15) is 8.42 Å². The third-order valence-electron chi connectivity index (χ3n) is 4.57. The van der Waals surface area contributed by atoms with E-state index >= 15 is 0 Å². The normalized spacial score (nSPS) is 14.8. The first kappa shape index (κ1) is 16.9. The van der Waals surface area contributed by atoms with Gasteiger partial charge in [-0.1, -0.05) is 30.3 Å². The maximum absolute atomic E-state index is 12.6. The van der Waals surface area contributed by atoms with E-state index in [1.165, 1.54) is 0 Å². The fraction of sp³-hybridized carbons (Fsp3) is 0.263. The van der Waals surface area contributed by atoms with Gasteiger partial charge in [-0.05, 0) is 41.8 Å². The molecule has 7 heteroatoms. The molecule has 2 aromatic carbocycles. The van der Waals surface area contributed by atoms with Gasteiger partial charge in [-0.15, -0.1) is 0 Å². The maximum Gasteiger partial charge on any atom is 0.240 e. The van der Waals surface area contributed by atoms with E-state index in [1.807, 2.05) is 36.4 Å². The van der Waals surface area contributed by atoms with Crippen molar-refractivity contribution in [2.45, 2.75) is 24.3 Å². The highest BCUT2D eigenvalue weighted by Crippen LogP contribution is 2.20. The van der Waals surface area contributed by atoms with Crippen molar-refractivity contribution in [2.75, 3.05) is 18.0 Å². The van der Waals surface area contributed by atoms with Gasteiger partial charge in [0.1, 0.15) is 11.6 Å². The number of nitrogens with one attached hydrogen (secondary N) is 1. The largest absolute Gasteiger partial charge is 0.357 e. The first-order valence-corrected chi connectivity index (χ1v) is 10.2. The molecule has 1 aromatic heterocycles. The molecule has 1 saturated heterocycles. The number of hydrogen-bond acceptors (Lipinski definition) is 5. The minimum Gasteiger partial charge on any atom is -0.357 e. The topological polar surface area (TPSA) is 75.2 Å². The Labute approximate surface area is 152 Å². The van der Waals surface area contributed by atoms with Crippen molar-refractivity contribution in [3.63, 3.8) is 0 Å². The van der Waals surface area contributed by atoms with E-state index in [2.05, 4.69) is 19.6 Å². The predicted octanol–water partition coefficient (Wildman–Crippen LogP) is 2.71. The summed E-state index contributed by atoms with van der Waals surface area (Å²) in [4.78, 5) is 11.1. The molecule has 0 unspecified atom stereocenters. The van der Waals surface area contributed by atoms with Crippen molar-refractivity contribution in [3.05, 3.63) is 60.6 Å². The average Bonchev–Trinajstić information content (AvgIpc) is 3.21. The van der Waals surface area contributed by atoms with Crippen molar-refractivity contribution in [1.29, 1.82) is 0 Å². The minimum atomic E-state index is -3.63. The first-order valence-electron chi connectivity index (χ1n) is 8.67. The number of fused-ring (bicyclic) bond motifs is 1. The van der Waals surface area contributed by atoms with Gasteiger partial charge in [-0.3, -0.25) is 0 Å². The molecule has 1 aliphatic rings. The first-order chi connectivity index (χ1) is 12.6.